The van der Waals surface area contributed by atoms with Gasteiger partial charge in [-0.2, -0.15) is 0 Å². The minimum absolute atomic E-state index is 0.0292. The number of anilines is 2. The van der Waals surface area contributed by atoms with Gasteiger partial charge in [0, 0.05) is 18.7 Å². The van der Waals surface area contributed by atoms with Crippen LogP contribution < -0.4 is 9.62 Å². The quantitative estimate of drug-likeness (QED) is 0.918. The van der Waals surface area contributed by atoms with Gasteiger partial charge >= 0.3 is 0 Å². The maximum atomic E-state index is 12.3. The molecule has 0 fully saturated rings. The minimum Gasteiger partial charge on any atom is -0.309 e. The number of aromatic nitrogens is 2. The highest BCUT2D eigenvalue weighted by Gasteiger charge is 2.30. The van der Waals surface area contributed by atoms with E-state index in [1.165, 1.54) is 18.5 Å². The normalized spacial score (nSPS) is 17.4. The van der Waals surface area contributed by atoms with Crippen LogP contribution in [-0.2, 0) is 21.2 Å². The summed E-state index contributed by atoms with van der Waals surface area (Å²) in [7, 11) is -3.71. The van der Waals surface area contributed by atoms with Gasteiger partial charge in [0.05, 0.1) is 4.90 Å². The van der Waals surface area contributed by atoms with E-state index in [4.69, 9.17) is 0 Å². The van der Waals surface area contributed by atoms with Gasteiger partial charge in [-0.15, -0.1) is 10.2 Å². The molecule has 0 spiro atoms. The summed E-state index contributed by atoms with van der Waals surface area (Å²) in [4.78, 5) is 13.5. The van der Waals surface area contributed by atoms with Gasteiger partial charge in [0.15, 0.2) is 0 Å². The van der Waals surface area contributed by atoms with Crippen LogP contribution in [0.3, 0.4) is 0 Å². The fourth-order valence-electron chi connectivity index (χ4n) is 2.65. The number of carbonyl (C=O) groups excluding carboxylic acids is 1. The Balaban J connectivity index is 1.95. The van der Waals surface area contributed by atoms with Crippen LogP contribution in [0.25, 0.3) is 0 Å². The molecule has 1 atom stereocenters. The monoisotopic (exact) mass is 338 g/mol. The van der Waals surface area contributed by atoms with E-state index < -0.39 is 10.0 Å². The van der Waals surface area contributed by atoms with Crippen molar-refractivity contribution in [2.24, 2.45) is 0 Å². The number of benzene rings is 1. The smallest absolute Gasteiger partial charge is 0.263 e. The van der Waals surface area contributed by atoms with Crippen molar-refractivity contribution in [1.29, 1.82) is 0 Å². The molecule has 0 aliphatic carbocycles. The number of nitrogens with one attached hydrogen (secondary N) is 1. The van der Waals surface area contributed by atoms with Crippen LogP contribution in [0.1, 0.15) is 19.4 Å². The van der Waals surface area contributed by atoms with E-state index in [2.05, 4.69) is 14.9 Å². The fourth-order valence-corrected chi connectivity index (χ4v) is 4.39. The Morgan fingerprint density at radius 1 is 1.45 bits per heavy atom. The standard InChI is InChI=1S/C13H14N4O3S2/c1-8-5-10-6-11(3-4-12(10)17(8)9(2)18)22(19,20)16-13-15-14-7-21-13/h3-4,6-8H,5H2,1-2H3,(H,15,16)/t8-/m0/s1. The van der Waals surface area contributed by atoms with Crippen LogP contribution in [0.4, 0.5) is 10.8 Å². The molecule has 0 saturated heterocycles. The molecule has 1 amide bonds. The summed E-state index contributed by atoms with van der Waals surface area (Å²) >= 11 is 1.11. The highest BCUT2D eigenvalue weighted by Crippen LogP contribution is 2.34. The zero-order valence-electron chi connectivity index (χ0n) is 12.0. The Bertz CT molecular complexity index is 818. The Morgan fingerprint density at radius 3 is 2.86 bits per heavy atom. The summed E-state index contributed by atoms with van der Waals surface area (Å²) in [5.74, 6) is -0.0474. The van der Waals surface area contributed by atoms with Crippen molar-refractivity contribution in [3.8, 4) is 0 Å². The van der Waals surface area contributed by atoms with Crippen molar-refractivity contribution in [2.45, 2.75) is 31.2 Å². The van der Waals surface area contributed by atoms with Crippen LogP contribution in [0.5, 0.6) is 0 Å². The number of hydrogen-bond donors (Lipinski definition) is 1. The zero-order chi connectivity index (χ0) is 15.9. The summed E-state index contributed by atoms with van der Waals surface area (Å²) in [6, 6.07) is 4.81. The molecular weight excluding hydrogens is 324 g/mol. The average Bonchev–Trinajstić information content (AvgIpc) is 3.03. The molecule has 7 nitrogen and oxygen atoms in total. The van der Waals surface area contributed by atoms with E-state index in [0.29, 0.717) is 6.42 Å². The first-order chi connectivity index (χ1) is 10.4. The highest BCUT2D eigenvalue weighted by atomic mass is 32.2. The second-order valence-corrected chi connectivity index (χ2v) is 7.60. The first-order valence-corrected chi connectivity index (χ1v) is 8.96. The largest absolute Gasteiger partial charge is 0.309 e. The molecule has 1 aromatic carbocycles. The topological polar surface area (TPSA) is 92.3 Å². The molecule has 1 aliphatic heterocycles. The number of carbonyl (C=O) groups is 1. The third kappa shape index (κ3) is 2.57. The lowest BCUT2D eigenvalue weighted by atomic mass is 10.1. The lowest BCUT2D eigenvalue weighted by molar-refractivity contribution is -0.116. The van der Waals surface area contributed by atoms with E-state index in [1.807, 2.05) is 6.92 Å². The van der Waals surface area contributed by atoms with Crippen molar-refractivity contribution in [3.63, 3.8) is 0 Å². The van der Waals surface area contributed by atoms with Crippen LogP contribution in [0, 0.1) is 0 Å². The van der Waals surface area contributed by atoms with Crippen molar-refractivity contribution < 1.29 is 13.2 Å². The van der Waals surface area contributed by atoms with Gasteiger partial charge in [0.1, 0.15) is 5.51 Å². The number of nitrogens with zero attached hydrogens (tertiary/aromatic N) is 3. The van der Waals surface area contributed by atoms with Gasteiger partial charge in [-0.1, -0.05) is 11.3 Å². The Morgan fingerprint density at radius 2 is 2.23 bits per heavy atom. The summed E-state index contributed by atoms with van der Waals surface area (Å²) in [6.07, 6.45) is 0.636. The van der Waals surface area contributed by atoms with E-state index in [0.717, 1.165) is 22.6 Å². The molecule has 2 aromatic rings. The first kappa shape index (κ1) is 14.9. The second kappa shape index (κ2) is 5.33. The van der Waals surface area contributed by atoms with Crippen LogP contribution in [0.2, 0.25) is 0 Å². The molecule has 9 heteroatoms. The van der Waals surface area contributed by atoms with Gasteiger partial charge < -0.3 is 4.90 Å². The van der Waals surface area contributed by atoms with Crippen molar-refractivity contribution in [2.75, 3.05) is 9.62 Å². The second-order valence-electron chi connectivity index (χ2n) is 5.08. The number of amides is 1. The number of hydrogen-bond acceptors (Lipinski definition) is 6. The van der Waals surface area contributed by atoms with E-state index >= 15 is 0 Å². The third-order valence-corrected chi connectivity index (χ3v) is 5.57. The van der Waals surface area contributed by atoms with Gasteiger partial charge in [-0.3, -0.25) is 9.52 Å². The van der Waals surface area contributed by atoms with Crippen molar-refractivity contribution in [1.82, 2.24) is 10.2 Å². The Hall–Kier alpha value is -2.00. The van der Waals surface area contributed by atoms with E-state index in [1.54, 1.807) is 17.0 Å². The molecule has 1 N–H and O–H groups in total. The average molecular weight is 338 g/mol. The molecule has 1 aromatic heterocycles. The van der Waals surface area contributed by atoms with Gasteiger partial charge in [0.25, 0.3) is 10.0 Å². The maximum absolute atomic E-state index is 12.3. The SMILES string of the molecule is CC(=O)N1c2ccc(S(=O)(=O)Nc3nncs3)cc2C[C@@H]1C. The molecule has 116 valence electrons. The number of fused-ring (bicyclic) bond motifs is 1. The molecule has 0 saturated carbocycles. The van der Waals surface area contributed by atoms with Crippen molar-refractivity contribution in [3.05, 3.63) is 29.3 Å². The summed E-state index contributed by atoms with van der Waals surface area (Å²) in [5, 5.41) is 7.49. The first-order valence-electron chi connectivity index (χ1n) is 6.60. The Labute approximate surface area is 132 Å². The predicted octanol–water partition coefficient (Wildman–Crippen LogP) is 1.64. The van der Waals surface area contributed by atoms with E-state index in [-0.39, 0.29) is 22.0 Å². The third-order valence-electron chi connectivity index (χ3n) is 3.50. The molecular formula is C13H14N4O3S2. The summed E-state index contributed by atoms with van der Waals surface area (Å²) < 4.78 is 27.1. The molecule has 22 heavy (non-hydrogen) atoms. The van der Waals surface area contributed by atoms with Crippen LogP contribution in [-0.4, -0.2) is 30.6 Å². The van der Waals surface area contributed by atoms with Gasteiger partial charge in [-0.25, -0.2) is 8.42 Å². The molecule has 0 bridgehead atoms. The predicted molar refractivity (Wildman–Crippen MR) is 83.5 cm³/mol. The highest BCUT2D eigenvalue weighted by molar-refractivity contribution is 7.93. The van der Waals surface area contributed by atoms with Crippen LogP contribution >= 0.6 is 11.3 Å². The maximum Gasteiger partial charge on any atom is 0.263 e. The number of sulfonamides is 1. The molecule has 0 radical (unpaired) electrons. The fraction of sp³-hybridized carbons (Fsp3) is 0.308. The minimum atomic E-state index is -3.71. The van der Waals surface area contributed by atoms with Gasteiger partial charge in [-0.05, 0) is 37.1 Å². The molecule has 3 rings (SSSR count). The summed E-state index contributed by atoms with van der Waals surface area (Å²) in [6.45, 7) is 3.45. The summed E-state index contributed by atoms with van der Waals surface area (Å²) in [5.41, 5.74) is 3.07. The van der Waals surface area contributed by atoms with Crippen LogP contribution in [0.15, 0.2) is 28.6 Å². The van der Waals surface area contributed by atoms with Gasteiger partial charge in [0.2, 0.25) is 11.0 Å². The van der Waals surface area contributed by atoms with Crippen molar-refractivity contribution >= 4 is 38.1 Å². The molecule has 0 unspecified atom stereocenters. The molecule has 1 aliphatic rings. The Kier molecular flexibility index (Phi) is 3.61. The zero-order valence-corrected chi connectivity index (χ0v) is 13.6. The van der Waals surface area contributed by atoms with E-state index in [9.17, 15) is 13.2 Å². The number of rotatable bonds is 3. The lowest BCUT2D eigenvalue weighted by Gasteiger charge is -2.20. The lowest BCUT2D eigenvalue weighted by Crippen LogP contribution is -2.33. The molecule has 2 heterocycles.